The molecule has 1 aliphatic heterocycles. The minimum atomic E-state index is -0.652. The van der Waals surface area contributed by atoms with Gasteiger partial charge in [0.05, 0.1) is 18.3 Å². The molecular weight excluding hydrogens is 232 g/mol. The number of aliphatic hydroxyl groups is 3. The smallest absolute Gasteiger partial charge is 0.155 e. The summed E-state index contributed by atoms with van der Waals surface area (Å²) in [4.78, 5) is 0. The first-order chi connectivity index (χ1) is 8.61. The van der Waals surface area contributed by atoms with Crippen LogP contribution in [0.15, 0.2) is 0 Å². The van der Waals surface area contributed by atoms with Crippen molar-refractivity contribution in [1.29, 1.82) is 0 Å². The summed E-state index contributed by atoms with van der Waals surface area (Å²) in [7, 11) is 0. The fourth-order valence-electron chi connectivity index (χ4n) is 3.12. The average Bonchev–Trinajstić information content (AvgIpc) is 2.84. The van der Waals surface area contributed by atoms with Crippen molar-refractivity contribution in [3.8, 4) is 0 Å². The third-order valence-electron chi connectivity index (χ3n) is 4.11. The van der Waals surface area contributed by atoms with Crippen LogP contribution < -0.4 is 0 Å². The molecule has 0 aromatic carbocycles. The van der Waals surface area contributed by atoms with Crippen LogP contribution >= 0.6 is 0 Å². The lowest BCUT2D eigenvalue weighted by Crippen LogP contribution is -2.22. The van der Waals surface area contributed by atoms with E-state index >= 15 is 0 Å². The molecule has 0 radical (unpaired) electrons. The Balaban J connectivity index is 0.000000771. The molecular formula is C14H28O4. The first-order valence-corrected chi connectivity index (χ1v) is 7.31. The Morgan fingerprint density at radius 1 is 1.22 bits per heavy atom. The summed E-state index contributed by atoms with van der Waals surface area (Å²) in [5.74, 6) is 0.456. The van der Waals surface area contributed by atoms with E-state index in [9.17, 15) is 15.3 Å². The van der Waals surface area contributed by atoms with Gasteiger partial charge in [-0.25, -0.2) is 0 Å². The summed E-state index contributed by atoms with van der Waals surface area (Å²) in [5, 5.41) is 28.9. The molecule has 18 heavy (non-hydrogen) atoms. The highest BCUT2D eigenvalue weighted by Gasteiger charge is 2.48. The highest BCUT2D eigenvalue weighted by molar-refractivity contribution is 4.95. The van der Waals surface area contributed by atoms with Gasteiger partial charge in [0.15, 0.2) is 6.29 Å². The van der Waals surface area contributed by atoms with E-state index in [1.165, 1.54) is 0 Å². The van der Waals surface area contributed by atoms with E-state index < -0.39 is 6.29 Å². The zero-order valence-electron chi connectivity index (χ0n) is 11.7. The number of fused-ring (bicyclic) bond motifs is 1. The zero-order chi connectivity index (χ0) is 13.7. The summed E-state index contributed by atoms with van der Waals surface area (Å²) in [5.41, 5.74) is 0. The van der Waals surface area contributed by atoms with Gasteiger partial charge in [-0.1, -0.05) is 20.8 Å². The number of rotatable bonds is 4. The summed E-state index contributed by atoms with van der Waals surface area (Å²) < 4.78 is 5.35. The Kier molecular flexibility index (Phi) is 6.57. The minimum Gasteiger partial charge on any atom is -0.393 e. The van der Waals surface area contributed by atoms with Crippen LogP contribution in [0, 0.1) is 11.8 Å². The Morgan fingerprint density at radius 2 is 1.89 bits per heavy atom. The summed E-state index contributed by atoms with van der Waals surface area (Å²) >= 11 is 0. The molecule has 0 amide bonds. The molecule has 0 aromatic heterocycles. The molecule has 1 saturated carbocycles. The van der Waals surface area contributed by atoms with Gasteiger partial charge in [0.1, 0.15) is 0 Å². The Morgan fingerprint density at radius 3 is 2.50 bits per heavy atom. The lowest BCUT2D eigenvalue weighted by Gasteiger charge is -2.21. The molecule has 0 aromatic rings. The van der Waals surface area contributed by atoms with Crippen molar-refractivity contribution in [3.05, 3.63) is 0 Å². The van der Waals surface area contributed by atoms with Crippen LogP contribution in [0.5, 0.6) is 0 Å². The quantitative estimate of drug-likeness (QED) is 0.719. The Bertz CT molecular complexity index is 234. The zero-order valence-corrected chi connectivity index (χ0v) is 11.7. The fourth-order valence-corrected chi connectivity index (χ4v) is 3.12. The van der Waals surface area contributed by atoms with E-state index in [2.05, 4.69) is 0 Å². The van der Waals surface area contributed by atoms with Gasteiger partial charge in [-0.2, -0.15) is 0 Å². The average molecular weight is 260 g/mol. The van der Waals surface area contributed by atoms with E-state index in [0.29, 0.717) is 12.8 Å². The Hall–Kier alpha value is -0.160. The van der Waals surface area contributed by atoms with E-state index in [1.807, 2.05) is 20.8 Å². The second-order valence-electron chi connectivity index (χ2n) is 5.14. The summed E-state index contributed by atoms with van der Waals surface area (Å²) in [6, 6.07) is 0. The standard InChI is InChI=1S/C12H22O4.C2H6/c1-2-7(13)3-4-8-9-5-12(15)16-11(9)6-10(8)14;1-2/h7-15H,2-6H2,1H3;1-2H3/t7-,8+,9+,10?,11-,12?;/m0./s1. The minimum absolute atomic E-state index is 0.0220. The maximum absolute atomic E-state index is 9.92. The van der Waals surface area contributed by atoms with Crippen LogP contribution in [0.25, 0.3) is 0 Å². The molecule has 0 spiro atoms. The van der Waals surface area contributed by atoms with Gasteiger partial charge in [0, 0.05) is 12.8 Å². The number of hydrogen-bond donors (Lipinski definition) is 3. The highest BCUT2D eigenvalue weighted by Crippen LogP contribution is 2.44. The molecule has 108 valence electrons. The molecule has 1 aliphatic carbocycles. The fraction of sp³-hybridized carbons (Fsp3) is 1.00. The second kappa shape index (κ2) is 7.43. The predicted octanol–water partition coefficient (Wildman–Crippen LogP) is 1.67. The van der Waals surface area contributed by atoms with Crippen molar-refractivity contribution in [2.75, 3.05) is 0 Å². The van der Waals surface area contributed by atoms with Crippen LogP contribution in [0.3, 0.4) is 0 Å². The van der Waals surface area contributed by atoms with Crippen molar-refractivity contribution in [3.63, 3.8) is 0 Å². The highest BCUT2D eigenvalue weighted by atomic mass is 16.6. The predicted molar refractivity (Wildman–Crippen MR) is 70.0 cm³/mol. The van der Waals surface area contributed by atoms with Crippen molar-refractivity contribution >= 4 is 0 Å². The van der Waals surface area contributed by atoms with E-state index in [4.69, 9.17) is 4.74 Å². The lowest BCUT2D eigenvalue weighted by atomic mass is 9.87. The maximum atomic E-state index is 9.92. The number of hydrogen-bond acceptors (Lipinski definition) is 4. The van der Waals surface area contributed by atoms with Gasteiger partial charge in [-0.05, 0) is 31.1 Å². The number of ether oxygens (including phenoxy) is 1. The van der Waals surface area contributed by atoms with Gasteiger partial charge in [-0.15, -0.1) is 0 Å². The van der Waals surface area contributed by atoms with Crippen LogP contribution in [-0.2, 0) is 4.74 Å². The van der Waals surface area contributed by atoms with Crippen molar-refractivity contribution < 1.29 is 20.1 Å². The number of aliphatic hydroxyl groups excluding tert-OH is 3. The van der Waals surface area contributed by atoms with E-state index in [1.54, 1.807) is 0 Å². The lowest BCUT2D eigenvalue weighted by molar-refractivity contribution is -0.0951. The SMILES string of the molecule is CC.CC[C@H](O)CC[C@H]1C(O)C[C@@H]2OC(O)C[C@@H]21. The van der Waals surface area contributed by atoms with E-state index in [0.717, 1.165) is 19.3 Å². The third-order valence-corrected chi connectivity index (χ3v) is 4.11. The van der Waals surface area contributed by atoms with Gasteiger partial charge in [-0.3, -0.25) is 0 Å². The molecule has 4 nitrogen and oxygen atoms in total. The van der Waals surface area contributed by atoms with Gasteiger partial charge in [0.25, 0.3) is 0 Å². The van der Waals surface area contributed by atoms with Crippen LogP contribution in [-0.4, -0.2) is 39.9 Å². The Labute approximate surface area is 110 Å². The van der Waals surface area contributed by atoms with Gasteiger partial charge >= 0.3 is 0 Å². The first-order valence-electron chi connectivity index (χ1n) is 7.31. The van der Waals surface area contributed by atoms with Crippen LogP contribution in [0.1, 0.15) is 52.9 Å². The van der Waals surface area contributed by atoms with Crippen molar-refractivity contribution in [2.24, 2.45) is 11.8 Å². The van der Waals surface area contributed by atoms with Crippen molar-refractivity contribution in [2.45, 2.75) is 77.5 Å². The topological polar surface area (TPSA) is 69.9 Å². The van der Waals surface area contributed by atoms with Crippen LogP contribution in [0.2, 0.25) is 0 Å². The largest absolute Gasteiger partial charge is 0.393 e. The molecule has 3 N–H and O–H groups in total. The molecule has 6 atom stereocenters. The molecule has 2 unspecified atom stereocenters. The first kappa shape index (κ1) is 15.9. The summed E-state index contributed by atoms with van der Waals surface area (Å²) in [6.07, 6.45) is 2.37. The molecule has 0 bridgehead atoms. The molecule has 2 fully saturated rings. The van der Waals surface area contributed by atoms with Gasteiger partial charge in [0.2, 0.25) is 0 Å². The molecule has 2 aliphatic rings. The summed E-state index contributed by atoms with van der Waals surface area (Å²) in [6.45, 7) is 5.96. The van der Waals surface area contributed by atoms with Crippen LogP contribution in [0.4, 0.5) is 0 Å². The third kappa shape index (κ3) is 3.67. The molecule has 2 rings (SSSR count). The van der Waals surface area contributed by atoms with Gasteiger partial charge < -0.3 is 20.1 Å². The molecule has 4 heteroatoms. The normalized spacial score (nSPS) is 40.0. The molecule has 1 saturated heterocycles. The molecule has 1 heterocycles. The maximum Gasteiger partial charge on any atom is 0.155 e. The second-order valence-corrected chi connectivity index (χ2v) is 5.14. The van der Waals surface area contributed by atoms with E-state index in [-0.39, 0.29) is 30.1 Å². The van der Waals surface area contributed by atoms with Crippen molar-refractivity contribution in [1.82, 2.24) is 0 Å². The monoisotopic (exact) mass is 260 g/mol.